The molecule has 1 aliphatic heterocycles. The highest BCUT2D eigenvalue weighted by Crippen LogP contribution is 2.36. The predicted octanol–water partition coefficient (Wildman–Crippen LogP) is 4.14. The molecule has 0 aromatic heterocycles. The van der Waals surface area contributed by atoms with Gasteiger partial charge in [0, 0.05) is 19.0 Å². The highest BCUT2D eigenvalue weighted by Gasteiger charge is 2.25. The van der Waals surface area contributed by atoms with E-state index in [1.807, 2.05) is 6.07 Å². The van der Waals surface area contributed by atoms with E-state index in [0.29, 0.717) is 0 Å². The molecule has 0 amide bonds. The SMILES string of the molecule is CCCCN1CC(Cc2ccc(F)cc2)Oc2cc(O)ccc21. The van der Waals surface area contributed by atoms with Crippen LogP contribution in [0.3, 0.4) is 0 Å². The zero-order chi connectivity index (χ0) is 16.2. The third kappa shape index (κ3) is 3.76. The van der Waals surface area contributed by atoms with Gasteiger partial charge in [-0.05, 0) is 36.2 Å². The highest BCUT2D eigenvalue weighted by atomic mass is 19.1. The molecule has 1 unspecified atom stereocenters. The van der Waals surface area contributed by atoms with E-state index in [1.54, 1.807) is 24.3 Å². The summed E-state index contributed by atoms with van der Waals surface area (Å²) in [6.07, 6.45) is 2.96. The van der Waals surface area contributed by atoms with E-state index >= 15 is 0 Å². The first-order valence-corrected chi connectivity index (χ1v) is 8.15. The molecule has 1 aliphatic rings. The minimum Gasteiger partial charge on any atom is -0.508 e. The topological polar surface area (TPSA) is 32.7 Å². The Morgan fingerprint density at radius 1 is 1.22 bits per heavy atom. The summed E-state index contributed by atoms with van der Waals surface area (Å²) in [5, 5.41) is 9.72. The Morgan fingerprint density at radius 3 is 2.74 bits per heavy atom. The van der Waals surface area contributed by atoms with E-state index in [0.717, 1.165) is 49.4 Å². The number of benzene rings is 2. The van der Waals surface area contributed by atoms with E-state index in [9.17, 15) is 9.50 Å². The van der Waals surface area contributed by atoms with E-state index in [1.165, 1.54) is 12.1 Å². The lowest BCUT2D eigenvalue weighted by Gasteiger charge is -2.36. The number of phenolic OH excluding ortho intramolecular Hbond substituents is 1. The van der Waals surface area contributed by atoms with Gasteiger partial charge in [-0.3, -0.25) is 0 Å². The average molecular weight is 315 g/mol. The maximum Gasteiger partial charge on any atom is 0.146 e. The van der Waals surface area contributed by atoms with Gasteiger partial charge in [0.25, 0.3) is 0 Å². The average Bonchev–Trinajstić information content (AvgIpc) is 2.54. The Balaban J connectivity index is 1.79. The molecule has 0 aliphatic carbocycles. The van der Waals surface area contributed by atoms with Crippen LogP contribution in [0.4, 0.5) is 10.1 Å². The molecule has 0 saturated heterocycles. The molecule has 3 rings (SSSR count). The molecule has 0 saturated carbocycles. The molecule has 122 valence electrons. The van der Waals surface area contributed by atoms with Gasteiger partial charge in [0.1, 0.15) is 23.4 Å². The highest BCUT2D eigenvalue weighted by molar-refractivity contribution is 5.62. The molecule has 23 heavy (non-hydrogen) atoms. The summed E-state index contributed by atoms with van der Waals surface area (Å²) >= 11 is 0. The van der Waals surface area contributed by atoms with E-state index < -0.39 is 0 Å². The lowest BCUT2D eigenvalue weighted by Crippen LogP contribution is -2.41. The van der Waals surface area contributed by atoms with Crippen LogP contribution in [0, 0.1) is 5.82 Å². The first kappa shape index (κ1) is 15.7. The second kappa shape index (κ2) is 6.90. The van der Waals surface area contributed by atoms with Gasteiger partial charge in [-0.15, -0.1) is 0 Å². The summed E-state index contributed by atoms with van der Waals surface area (Å²) < 4.78 is 19.1. The van der Waals surface area contributed by atoms with Crippen LogP contribution < -0.4 is 9.64 Å². The first-order chi connectivity index (χ1) is 11.2. The van der Waals surface area contributed by atoms with Crippen molar-refractivity contribution in [1.29, 1.82) is 0 Å². The number of hydrogen-bond donors (Lipinski definition) is 1. The van der Waals surface area contributed by atoms with Gasteiger partial charge < -0.3 is 14.7 Å². The minimum absolute atomic E-state index is 0.00776. The predicted molar refractivity (Wildman–Crippen MR) is 89.7 cm³/mol. The molecule has 3 nitrogen and oxygen atoms in total. The van der Waals surface area contributed by atoms with Crippen LogP contribution in [0.1, 0.15) is 25.3 Å². The number of hydrogen-bond acceptors (Lipinski definition) is 3. The third-order valence-electron chi connectivity index (χ3n) is 4.16. The van der Waals surface area contributed by atoms with Crippen LogP contribution in [0.5, 0.6) is 11.5 Å². The molecule has 2 aromatic rings. The number of nitrogens with zero attached hydrogens (tertiary/aromatic N) is 1. The van der Waals surface area contributed by atoms with Crippen molar-refractivity contribution in [2.24, 2.45) is 0 Å². The zero-order valence-electron chi connectivity index (χ0n) is 13.3. The zero-order valence-corrected chi connectivity index (χ0v) is 13.3. The number of phenols is 1. The number of rotatable bonds is 5. The van der Waals surface area contributed by atoms with Crippen LogP contribution in [-0.2, 0) is 6.42 Å². The second-order valence-electron chi connectivity index (χ2n) is 6.02. The van der Waals surface area contributed by atoms with E-state index in [4.69, 9.17) is 4.74 Å². The first-order valence-electron chi connectivity index (χ1n) is 8.15. The number of fused-ring (bicyclic) bond motifs is 1. The Hall–Kier alpha value is -2.23. The fourth-order valence-corrected chi connectivity index (χ4v) is 2.97. The summed E-state index contributed by atoms with van der Waals surface area (Å²) in [4.78, 5) is 2.32. The lowest BCUT2D eigenvalue weighted by atomic mass is 10.0. The van der Waals surface area contributed by atoms with Crippen LogP contribution >= 0.6 is 0 Å². The largest absolute Gasteiger partial charge is 0.508 e. The number of ether oxygens (including phenoxy) is 1. The van der Waals surface area contributed by atoms with Gasteiger partial charge in [-0.25, -0.2) is 4.39 Å². The van der Waals surface area contributed by atoms with Crippen molar-refractivity contribution in [2.75, 3.05) is 18.0 Å². The Labute approximate surface area is 136 Å². The number of unbranched alkanes of at least 4 members (excludes halogenated alkanes) is 1. The van der Waals surface area contributed by atoms with Crippen LogP contribution in [0.15, 0.2) is 42.5 Å². The van der Waals surface area contributed by atoms with Gasteiger partial charge in [0.05, 0.1) is 12.2 Å². The monoisotopic (exact) mass is 315 g/mol. The van der Waals surface area contributed by atoms with Crippen LogP contribution in [0.2, 0.25) is 0 Å². The summed E-state index contributed by atoms with van der Waals surface area (Å²) in [7, 11) is 0. The maximum atomic E-state index is 13.0. The van der Waals surface area contributed by atoms with Crippen molar-refractivity contribution in [1.82, 2.24) is 0 Å². The Kier molecular flexibility index (Phi) is 4.70. The Morgan fingerprint density at radius 2 is 2.00 bits per heavy atom. The number of halogens is 1. The molecule has 1 atom stereocenters. The quantitative estimate of drug-likeness (QED) is 0.900. The molecule has 0 spiro atoms. The molecule has 1 heterocycles. The van der Waals surface area contributed by atoms with Crippen molar-refractivity contribution in [3.8, 4) is 11.5 Å². The summed E-state index contributed by atoms with van der Waals surface area (Å²) in [6.45, 7) is 3.95. The van der Waals surface area contributed by atoms with Crippen molar-refractivity contribution < 1.29 is 14.2 Å². The molecule has 2 aromatic carbocycles. The third-order valence-corrected chi connectivity index (χ3v) is 4.16. The van der Waals surface area contributed by atoms with Crippen LogP contribution in [-0.4, -0.2) is 24.3 Å². The lowest BCUT2D eigenvalue weighted by molar-refractivity contribution is 0.192. The van der Waals surface area contributed by atoms with Crippen molar-refractivity contribution >= 4 is 5.69 Å². The van der Waals surface area contributed by atoms with Gasteiger partial charge in [0.15, 0.2) is 0 Å². The molecule has 4 heteroatoms. The van der Waals surface area contributed by atoms with Crippen molar-refractivity contribution in [2.45, 2.75) is 32.3 Å². The van der Waals surface area contributed by atoms with Gasteiger partial charge in [-0.2, -0.15) is 0 Å². The standard InChI is InChI=1S/C19H22FNO2/c1-2-3-10-21-13-17(11-14-4-6-15(20)7-5-14)23-19-12-16(22)8-9-18(19)21/h4-9,12,17,22H,2-3,10-11,13H2,1H3. The Bertz CT molecular complexity index is 657. The number of aromatic hydroxyl groups is 1. The van der Waals surface area contributed by atoms with E-state index in [2.05, 4.69) is 11.8 Å². The summed E-state index contributed by atoms with van der Waals surface area (Å²) in [5.74, 6) is 0.708. The normalized spacial score (nSPS) is 16.8. The van der Waals surface area contributed by atoms with Crippen molar-refractivity contribution in [3.05, 3.63) is 53.8 Å². The second-order valence-corrected chi connectivity index (χ2v) is 6.02. The molecular weight excluding hydrogens is 293 g/mol. The van der Waals surface area contributed by atoms with Crippen LogP contribution in [0.25, 0.3) is 0 Å². The molecule has 1 N–H and O–H groups in total. The molecule has 0 radical (unpaired) electrons. The van der Waals surface area contributed by atoms with Gasteiger partial charge >= 0.3 is 0 Å². The summed E-state index contributed by atoms with van der Waals surface area (Å²) in [6, 6.07) is 11.8. The van der Waals surface area contributed by atoms with E-state index in [-0.39, 0.29) is 17.7 Å². The minimum atomic E-state index is -0.224. The molecule has 0 fully saturated rings. The maximum absolute atomic E-state index is 13.0. The fourth-order valence-electron chi connectivity index (χ4n) is 2.97. The molecular formula is C19H22FNO2. The number of anilines is 1. The molecule has 0 bridgehead atoms. The fraction of sp³-hybridized carbons (Fsp3) is 0.368. The van der Waals surface area contributed by atoms with Gasteiger partial charge in [-0.1, -0.05) is 25.5 Å². The smallest absolute Gasteiger partial charge is 0.146 e. The van der Waals surface area contributed by atoms with Gasteiger partial charge in [0.2, 0.25) is 0 Å². The van der Waals surface area contributed by atoms with Crippen molar-refractivity contribution in [3.63, 3.8) is 0 Å². The summed E-state index contributed by atoms with van der Waals surface area (Å²) in [5.41, 5.74) is 2.09.